The Hall–Kier alpha value is -2.77. The zero-order chi connectivity index (χ0) is 21.2. The van der Waals surface area contributed by atoms with E-state index in [-0.39, 0.29) is 13.2 Å². The van der Waals surface area contributed by atoms with Crippen LogP contribution in [0.5, 0.6) is 0 Å². The number of hydrogen-bond acceptors (Lipinski definition) is 6. The maximum atomic E-state index is 12.0. The van der Waals surface area contributed by atoms with Crippen molar-refractivity contribution in [2.24, 2.45) is 5.16 Å². The number of morpholine rings is 1. The number of thioether (sulfide) groups is 1. The molecule has 0 aromatic heterocycles. The van der Waals surface area contributed by atoms with Gasteiger partial charge in [0.1, 0.15) is 6.61 Å². The van der Waals surface area contributed by atoms with Crippen LogP contribution in [0.2, 0.25) is 0 Å². The number of carbonyl (C=O) groups excluding carboxylic acids is 1. The van der Waals surface area contributed by atoms with Crippen molar-refractivity contribution in [3.05, 3.63) is 71.8 Å². The normalized spacial score (nSPS) is 14.3. The Bertz CT molecular complexity index is 860. The van der Waals surface area contributed by atoms with Crippen LogP contribution in [0.3, 0.4) is 0 Å². The third kappa shape index (κ3) is 6.37. The number of carbonyl (C=O) groups is 1. The third-order valence-corrected chi connectivity index (χ3v) is 5.35. The van der Waals surface area contributed by atoms with Crippen molar-refractivity contribution in [2.75, 3.05) is 39.2 Å². The lowest BCUT2D eigenvalue weighted by Gasteiger charge is -2.29. The van der Waals surface area contributed by atoms with E-state index in [1.54, 1.807) is 17.8 Å². The molecule has 1 fully saturated rings. The molecular weight excluding hydrogens is 400 g/mol. The van der Waals surface area contributed by atoms with Crippen LogP contribution in [0, 0.1) is 0 Å². The van der Waals surface area contributed by atoms with Gasteiger partial charge in [0.15, 0.2) is 5.84 Å². The minimum Gasteiger partial charge on any atom is -0.458 e. The second kappa shape index (κ2) is 11.4. The number of amidine groups is 1. The van der Waals surface area contributed by atoms with Gasteiger partial charge in [-0.2, -0.15) is 0 Å². The second-order valence-corrected chi connectivity index (χ2v) is 7.50. The fourth-order valence-corrected chi connectivity index (χ4v) is 3.32. The van der Waals surface area contributed by atoms with Crippen LogP contribution in [0.1, 0.15) is 16.7 Å². The van der Waals surface area contributed by atoms with Crippen molar-refractivity contribution in [1.82, 2.24) is 4.90 Å². The van der Waals surface area contributed by atoms with Gasteiger partial charge in [0.2, 0.25) is 6.61 Å². The standard InChI is InChI=1S/C23H26N2O4S/c1-3-18-4-6-19(7-5-18)16-28-22(26)17-29-24-23(25-12-14-27-15-13-25)20-8-10-21(30-2)11-9-20/h3-11H,1,12-17H2,2H3. The molecule has 1 heterocycles. The molecule has 6 nitrogen and oxygen atoms in total. The molecule has 1 aliphatic rings. The summed E-state index contributed by atoms with van der Waals surface area (Å²) in [4.78, 5) is 20.7. The van der Waals surface area contributed by atoms with Crippen LogP contribution in [-0.2, 0) is 25.7 Å². The lowest BCUT2D eigenvalue weighted by molar-refractivity contribution is -0.150. The van der Waals surface area contributed by atoms with Gasteiger partial charge in [-0.25, -0.2) is 4.79 Å². The molecule has 7 heteroatoms. The first-order valence-corrected chi connectivity index (χ1v) is 11.0. The van der Waals surface area contributed by atoms with Gasteiger partial charge in [0.05, 0.1) is 13.2 Å². The molecule has 30 heavy (non-hydrogen) atoms. The second-order valence-electron chi connectivity index (χ2n) is 6.62. The summed E-state index contributed by atoms with van der Waals surface area (Å²) in [6, 6.07) is 15.8. The average Bonchev–Trinajstić information content (AvgIpc) is 2.81. The van der Waals surface area contributed by atoms with E-state index >= 15 is 0 Å². The maximum Gasteiger partial charge on any atom is 0.347 e. The Morgan fingerprint density at radius 3 is 2.50 bits per heavy atom. The van der Waals surface area contributed by atoms with Crippen LogP contribution < -0.4 is 0 Å². The van der Waals surface area contributed by atoms with Crippen molar-refractivity contribution < 1.29 is 19.1 Å². The fraction of sp³-hybridized carbons (Fsp3) is 0.304. The summed E-state index contributed by atoms with van der Waals surface area (Å²) >= 11 is 1.68. The summed E-state index contributed by atoms with van der Waals surface area (Å²) in [5.41, 5.74) is 2.86. The first kappa shape index (κ1) is 21.9. The van der Waals surface area contributed by atoms with Gasteiger partial charge in [-0.15, -0.1) is 11.8 Å². The summed E-state index contributed by atoms with van der Waals surface area (Å²) in [5.74, 6) is 0.226. The van der Waals surface area contributed by atoms with Gasteiger partial charge in [0, 0.05) is 23.5 Å². The van der Waals surface area contributed by atoms with E-state index in [1.165, 1.54) is 4.90 Å². The molecule has 0 aliphatic carbocycles. The van der Waals surface area contributed by atoms with E-state index in [4.69, 9.17) is 14.3 Å². The topological polar surface area (TPSA) is 60.4 Å². The fourth-order valence-electron chi connectivity index (χ4n) is 2.91. The monoisotopic (exact) mass is 426 g/mol. The van der Waals surface area contributed by atoms with Crippen molar-refractivity contribution >= 4 is 29.6 Å². The highest BCUT2D eigenvalue weighted by Gasteiger charge is 2.18. The van der Waals surface area contributed by atoms with Gasteiger partial charge < -0.3 is 19.2 Å². The van der Waals surface area contributed by atoms with Crippen LogP contribution in [0.15, 0.2) is 65.2 Å². The van der Waals surface area contributed by atoms with E-state index in [1.807, 2.05) is 54.8 Å². The van der Waals surface area contributed by atoms with Crippen LogP contribution >= 0.6 is 11.8 Å². The molecule has 158 valence electrons. The van der Waals surface area contributed by atoms with Crippen LogP contribution in [-0.4, -0.2) is 55.9 Å². The highest BCUT2D eigenvalue weighted by atomic mass is 32.2. The molecule has 1 aliphatic heterocycles. The minimum absolute atomic E-state index is 0.190. The molecule has 0 N–H and O–H groups in total. The molecule has 2 aromatic rings. The lowest BCUT2D eigenvalue weighted by Crippen LogP contribution is -2.41. The van der Waals surface area contributed by atoms with E-state index in [0.717, 1.165) is 29.8 Å². The molecule has 0 unspecified atom stereocenters. The van der Waals surface area contributed by atoms with Gasteiger partial charge >= 0.3 is 5.97 Å². The van der Waals surface area contributed by atoms with E-state index in [2.05, 4.69) is 16.6 Å². The van der Waals surface area contributed by atoms with Gasteiger partial charge in [-0.1, -0.05) is 54.2 Å². The van der Waals surface area contributed by atoms with Gasteiger partial charge in [-0.3, -0.25) is 0 Å². The Balaban J connectivity index is 1.58. The van der Waals surface area contributed by atoms with Crippen molar-refractivity contribution in [3.8, 4) is 0 Å². The predicted octanol–water partition coefficient (Wildman–Crippen LogP) is 3.81. The summed E-state index contributed by atoms with van der Waals surface area (Å²) in [6.07, 6.45) is 3.80. The largest absolute Gasteiger partial charge is 0.458 e. The zero-order valence-electron chi connectivity index (χ0n) is 17.1. The van der Waals surface area contributed by atoms with Gasteiger partial charge in [0.25, 0.3) is 0 Å². The Kier molecular flexibility index (Phi) is 8.35. The molecule has 0 radical (unpaired) electrons. The highest BCUT2D eigenvalue weighted by Crippen LogP contribution is 2.17. The summed E-state index contributed by atoms with van der Waals surface area (Å²) in [7, 11) is 0. The number of rotatable bonds is 8. The first-order chi connectivity index (χ1) is 14.7. The number of nitrogens with zero attached hydrogens (tertiary/aromatic N) is 2. The van der Waals surface area contributed by atoms with E-state index in [0.29, 0.717) is 19.0 Å². The summed E-state index contributed by atoms with van der Waals surface area (Å²) < 4.78 is 10.7. The minimum atomic E-state index is -0.467. The molecule has 2 aromatic carbocycles. The van der Waals surface area contributed by atoms with Crippen molar-refractivity contribution in [3.63, 3.8) is 0 Å². The SMILES string of the molecule is C=Cc1ccc(COC(=O)CON=C(c2ccc(SC)cc2)N2CCOCC2)cc1. The molecule has 3 rings (SSSR count). The Morgan fingerprint density at radius 2 is 1.87 bits per heavy atom. The molecule has 0 saturated carbocycles. The first-order valence-electron chi connectivity index (χ1n) is 9.73. The maximum absolute atomic E-state index is 12.0. The quantitative estimate of drug-likeness (QED) is 0.210. The van der Waals surface area contributed by atoms with Crippen LogP contribution in [0.4, 0.5) is 0 Å². The molecule has 0 bridgehead atoms. The molecule has 0 spiro atoms. The van der Waals surface area contributed by atoms with E-state index in [9.17, 15) is 4.79 Å². The Morgan fingerprint density at radius 1 is 1.17 bits per heavy atom. The van der Waals surface area contributed by atoms with Crippen LogP contribution in [0.25, 0.3) is 6.08 Å². The number of benzene rings is 2. The molecule has 0 amide bonds. The highest BCUT2D eigenvalue weighted by molar-refractivity contribution is 7.98. The Labute approximate surface area is 181 Å². The summed E-state index contributed by atoms with van der Waals surface area (Å²) in [5, 5.41) is 4.26. The third-order valence-electron chi connectivity index (χ3n) is 4.61. The number of ether oxygens (including phenoxy) is 2. The zero-order valence-corrected chi connectivity index (χ0v) is 17.9. The van der Waals surface area contributed by atoms with Crippen molar-refractivity contribution in [2.45, 2.75) is 11.5 Å². The smallest absolute Gasteiger partial charge is 0.347 e. The van der Waals surface area contributed by atoms with Gasteiger partial charge in [-0.05, 0) is 29.5 Å². The predicted molar refractivity (Wildman–Crippen MR) is 119 cm³/mol. The molecular formula is C23H26N2O4S. The molecule has 1 saturated heterocycles. The van der Waals surface area contributed by atoms with E-state index < -0.39 is 5.97 Å². The lowest BCUT2D eigenvalue weighted by atomic mass is 10.1. The number of hydrogen-bond donors (Lipinski definition) is 0. The van der Waals surface area contributed by atoms with Crippen molar-refractivity contribution in [1.29, 1.82) is 0 Å². The average molecular weight is 427 g/mol. The number of esters is 1. The number of oxime groups is 1. The summed E-state index contributed by atoms with van der Waals surface area (Å²) in [6.45, 7) is 6.37. The molecule has 0 atom stereocenters.